The smallest absolute Gasteiger partial charge is 0.138 e. The number of hydrogen-bond donors (Lipinski definition) is 1. The van der Waals surface area contributed by atoms with Crippen molar-refractivity contribution in [3.63, 3.8) is 0 Å². The molecule has 2 rings (SSSR count). The van der Waals surface area contributed by atoms with Crippen molar-refractivity contribution in [2.45, 2.75) is 25.9 Å². The molecule has 0 fully saturated rings. The van der Waals surface area contributed by atoms with Crippen LogP contribution < -0.4 is 5.32 Å². The van der Waals surface area contributed by atoms with E-state index in [1.54, 1.807) is 18.1 Å². The summed E-state index contributed by atoms with van der Waals surface area (Å²) in [6.45, 7) is 4.90. The maximum Gasteiger partial charge on any atom is 0.138 e. The Morgan fingerprint density at radius 2 is 2.20 bits per heavy atom. The van der Waals surface area contributed by atoms with Crippen molar-refractivity contribution in [3.05, 3.63) is 35.9 Å². The van der Waals surface area contributed by atoms with E-state index in [9.17, 15) is 0 Å². The average molecular weight is 295 g/mol. The summed E-state index contributed by atoms with van der Waals surface area (Å²) in [7, 11) is 1.72. The van der Waals surface area contributed by atoms with Crippen molar-refractivity contribution < 1.29 is 4.74 Å². The molecule has 0 aliphatic carbocycles. The zero-order valence-electron chi connectivity index (χ0n) is 11.9. The summed E-state index contributed by atoms with van der Waals surface area (Å²) < 4.78 is 7.12. The second kappa shape index (κ2) is 6.24. The Hall–Kier alpha value is -1.59. The van der Waals surface area contributed by atoms with E-state index in [2.05, 4.69) is 29.2 Å². The lowest BCUT2D eigenvalue weighted by molar-refractivity contribution is 0.0185. The zero-order chi connectivity index (χ0) is 14.6. The molecule has 1 heterocycles. The molecule has 1 aromatic carbocycles. The third-order valence-corrected chi connectivity index (χ3v) is 3.45. The maximum absolute atomic E-state index is 6.06. The van der Waals surface area contributed by atoms with Gasteiger partial charge in [-0.25, -0.2) is 9.67 Å². The second-order valence-electron chi connectivity index (χ2n) is 5.14. The van der Waals surface area contributed by atoms with Crippen LogP contribution in [0.1, 0.15) is 20.3 Å². The minimum atomic E-state index is -0.154. The van der Waals surface area contributed by atoms with E-state index in [0.29, 0.717) is 5.02 Å². The van der Waals surface area contributed by atoms with E-state index < -0.39 is 0 Å². The number of aromatic nitrogens is 3. The second-order valence-corrected chi connectivity index (χ2v) is 5.58. The van der Waals surface area contributed by atoms with Crippen molar-refractivity contribution in [3.8, 4) is 5.69 Å². The Labute approximate surface area is 123 Å². The molecular formula is C14H19ClN4O. The number of halogens is 1. The summed E-state index contributed by atoms with van der Waals surface area (Å²) in [5.74, 6) is 0. The number of hydrogen-bond acceptors (Lipinski definition) is 4. The highest BCUT2D eigenvalue weighted by molar-refractivity contribution is 6.31. The first-order valence-electron chi connectivity index (χ1n) is 6.45. The zero-order valence-corrected chi connectivity index (χ0v) is 12.7. The Morgan fingerprint density at radius 1 is 1.40 bits per heavy atom. The third-order valence-electron chi connectivity index (χ3n) is 3.22. The van der Waals surface area contributed by atoms with Crippen LogP contribution in [-0.4, -0.2) is 34.0 Å². The highest BCUT2D eigenvalue weighted by atomic mass is 35.5. The number of nitrogens with zero attached hydrogens (tertiary/aromatic N) is 3. The predicted molar refractivity (Wildman–Crippen MR) is 80.6 cm³/mol. The monoisotopic (exact) mass is 294 g/mol. The van der Waals surface area contributed by atoms with Crippen LogP contribution in [0.4, 0.5) is 5.69 Å². The van der Waals surface area contributed by atoms with Gasteiger partial charge >= 0.3 is 0 Å². The predicted octanol–water partition coefficient (Wildman–Crippen LogP) is 3.15. The van der Waals surface area contributed by atoms with Crippen LogP contribution in [0.3, 0.4) is 0 Å². The van der Waals surface area contributed by atoms with E-state index in [-0.39, 0.29) is 5.60 Å². The molecule has 20 heavy (non-hydrogen) atoms. The first-order chi connectivity index (χ1) is 9.52. The quantitative estimate of drug-likeness (QED) is 0.889. The minimum absolute atomic E-state index is 0.154. The van der Waals surface area contributed by atoms with E-state index in [1.807, 2.05) is 18.2 Å². The topological polar surface area (TPSA) is 52.0 Å². The van der Waals surface area contributed by atoms with Crippen LogP contribution in [0.25, 0.3) is 5.69 Å². The average Bonchev–Trinajstić information content (AvgIpc) is 2.92. The largest absolute Gasteiger partial charge is 0.383 e. The summed E-state index contributed by atoms with van der Waals surface area (Å²) in [5.41, 5.74) is 1.69. The Kier molecular flexibility index (Phi) is 4.62. The summed E-state index contributed by atoms with van der Waals surface area (Å²) in [6, 6.07) is 5.64. The number of rotatable bonds is 6. The molecule has 6 heteroatoms. The molecule has 0 unspecified atom stereocenters. The summed E-state index contributed by atoms with van der Waals surface area (Å²) in [4.78, 5) is 3.97. The third kappa shape index (κ3) is 3.71. The summed E-state index contributed by atoms with van der Waals surface area (Å²) in [6.07, 6.45) is 4.05. The summed E-state index contributed by atoms with van der Waals surface area (Å²) in [5, 5.41) is 8.21. The van der Waals surface area contributed by atoms with Gasteiger partial charge in [-0.05, 0) is 38.5 Å². The molecule has 0 bridgehead atoms. The van der Waals surface area contributed by atoms with Gasteiger partial charge in [-0.3, -0.25) is 0 Å². The molecule has 0 amide bonds. The molecule has 0 spiro atoms. The molecule has 0 radical (unpaired) electrons. The SMILES string of the molecule is COC(C)(C)CCNc1cc(Cl)ccc1-n1cncn1. The van der Waals surface area contributed by atoms with Gasteiger partial charge in [0.15, 0.2) is 0 Å². The first kappa shape index (κ1) is 14.8. The molecule has 108 valence electrons. The van der Waals surface area contributed by atoms with Crippen LogP contribution >= 0.6 is 11.6 Å². The summed E-state index contributed by atoms with van der Waals surface area (Å²) >= 11 is 6.06. The van der Waals surface area contributed by atoms with Gasteiger partial charge in [0.05, 0.1) is 17.0 Å². The highest BCUT2D eigenvalue weighted by Crippen LogP contribution is 2.24. The molecule has 0 saturated carbocycles. The molecule has 5 nitrogen and oxygen atoms in total. The van der Waals surface area contributed by atoms with Crippen LogP contribution in [0.15, 0.2) is 30.9 Å². The van der Waals surface area contributed by atoms with Gasteiger partial charge in [0.25, 0.3) is 0 Å². The van der Waals surface area contributed by atoms with Gasteiger partial charge in [-0.1, -0.05) is 11.6 Å². The lowest BCUT2D eigenvalue weighted by Gasteiger charge is -2.23. The van der Waals surface area contributed by atoms with E-state index in [1.165, 1.54) is 6.33 Å². The van der Waals surface area contributed by atoms with Gasteiger partial charge in [-0.15, -0.1) is 0 Å². The number of ether oxygens (including phenoxy) is 1. The molecule has 2 aromatic rings. The van der Waals surface area contributed by atoms with Gasteiger partial charge in [-0.2, -0.15) is 5.10 Å². The van der Waals surface area contributed by atoms with Gasteiger partial charge in [0.1, 0.15) is 12.7 Å². The lowest BCUT2D eigenvalue weighted by Crippen LogP contribution is -2.26. The number of methoxy groups -OCH3 is 1. The van der Waals surface area contributed by atoms with Crippen molar-refractivity contribution in [1.29, 1.82) is 0 Å². The van der Waals surface area contributed by atoms with Gasteiger partial charge in [0.2, 0.25) is 0 Å². The van der Waals surface area contributed by atoms with Crippen molar-refractivity contribution >= 4 is 17.3 Å². The van der Waals surface area contributed by atoms with Crippen LogP contribution in [0.2, 0.25) is 5.02 Å². The fraction of sp³-hybridized carbons (Fsp3) is 0.429. The molecule has 1 aromatic heterocycles. The Morgan fingerprint density at radius 3 is 2.85 bits per heavy atom. The number of anilines is 1. The Bertz CT molecular complexity index is 554. The number of benzene rings is 1. The maximum atomic E-state index is 6.06. The Balaban J connectivity index is 2.13. The molecule has 0 aliphatic rings. The first-order valence-corrected chi connectivity index (χ1v) is 6.83. The fourth-order valence-corrected chi connectivity index (χ4v) is 1.95. The highest BCUT2D eigenvalue weighted by Gasteiger charge is 2.16. The molecule has 0 aliphatic heterocycles. The van der Waals surface area contributed by atoms with Gasteiger partial charge < -0.3 is 10.1 Å². The van der Waals surface area contributed by atoms with E-state index >= 15 is 0 Å². The van der Waals surface area contributed by atoms with E-state index in [0.717, 1.165) is 24.3 Å². The van der Waals surface area contributed by atoms with E-state index in [4.69, 9.17) is 16.3 Å². The van der Waals surface area contributed by atoms with Crippen LogP contribution in [0, 0.1) is 0 Å². The van der Waals surface area contributed by atoms with Gasteiger partial charge in [0, 0.05) is 18.7 Å². The number of nitrogens with one attached hydrogen (secondary N) is 1. The fourth-order valence-electron chi connectivity index (χ4n) is 1.78. The van der Waals surface area contributed by atoms with Crippen molar-refractivity contribution in [2.24, 2.45) is 0 Å². The normalized spacial score (nSPS) is 11.6. The van der Waals surface area contributed by atoms with Crippen LogP contribution in [0.5, 0.6) is 0 Å². The van der Waals surface area contributed by atoms with Crippen molar-refractivity contribution in [2.75, 3.05) is 19.0 Å². The minimum Gasteiger partial charge on any atom is -0.383 e. The molecular weight excluding hydrogens is 276 g/mol. The molecule has 0 atom stereocenters. The molecule has 1 N–H and O–H groups in total. The standard InChI is InChI=1S/C14H19ClN4O/c1-14(2,20-3)6-7-17-12-8-11(15)4-5-13(12)19-10-16-9-18-19/h4-5,8-10,17H,6-7H2,1-3H3. The van der Waals surface area contributed by atoms with Crippen molar-refractivity contribution in [1.82, 2.24) is 14.8 Å². The molecule has 0 saturated heterocycles. The lowest BCUT2D eigenvalue weighted by atomic mass is 10.1. The van der Waals surface area contributed by atoms with Crippen LogP contribution in [-0.2, 0) is 4.74 Å².